The zero-order valence-corrected chi connectivity index (χ0v) is 13.0. The van der Waals surface area contributed by atoms with Gasteiger partial charge in [-0.2, -0.15) is 0 Å². The lowest BCUT2D eigenvalue weighted by molar-refractivity contribution is 0.406. The van der Waals surface area contributed by atoms with Crippen molar-refractivity contribution in [2.45, 2.75) is 13.5 Å². The Morgan fingerprint density at radius 2 is 1.90 bits per heavy atom. The number of aryl methyl sites for hydroxylation is 1. The van der Waals surface area contributed by atoms with Crippen LogP contribution in [-0.2, 0) is 6.54 Å². The van der Waals surface area contributed by atoms with Gasteiger partial charge in [-0.1, -0.05) is 0 Å². The Kier molecular flexibility index (Phi) is 4.58. The molecule has 0 radical (unpaired) electrons. The molecule has 0 aliphatic heterocycles. The largest absolute Gasteiger partial charge is 0.507 e. The van der Waals surface area contributed by atoms with Crippen molar-refractivity contribution < 1.29 is 9.84 Å². The summed E-state index contributed by atoms with van der Waals surface area (Å²) in [5.74, 6) is 0.896. The Bertz CT molecular complexity index is 624. The number of aromatic hydroxyl groups is 1. The molecule has 0 aliphatic carbocycles. The fourth-order valence-electron chi connectivity index (χ4n) is 2.13. The molecule has 4 nitrogen and oxygen atoms in total. The van der Waals surface area contributed by atoms with E-state index in [-0.39, 0.29) is 5.75 Å². The topological polar surface area (TPSA) is 44.7 Å². The lowest BCUT2D eigenvalue weighted by Gasteiger charge is -2.16. The summed E-state index contributed by atoms with van der Waals surface area (Å²) in [6, 6.07) is 11.6. The Morgan fingerprint density at radius 3 is 2.48 bits per heavy atom. The molecule has 2 aromatic carbocycles. The van der Waals surface area contributed by atoms with E-state index in [1.54, 1.807) is 13.2 Å². The summed E-state index contributed by atoms with van der Waals surface area (Å²) < 4.78 is 5.08. The summed E-state index contributed by atoms with van der Waals surface area (Å²) in [7, 11) is 5.64. The minimum absolute atomic E-state index is 0.240. The van der Waals surface area contributed by atoms with Crippen LogP contribution in [0.1, 0.15) is 11.1 Å². The molecule has 112 valence electrons. The van der Waals surface area contributed by atoms with E-state index in [1.807, 2.05) is 26.2 Å². The highest BCUT2D eigenvalue weighted by atomic mass is 16.5. The highest BCUT2D eigenvalue weighted by molar-refractivity contribution is 5.60. The second kappa shape index (κ2) is 6.39. The van der Waals surface area contributed by atoms with Gasteiger partial charge in [-0.05, 0) is 42.8 Å². The molecule has 0 atom stereocenters. The number of nitrogens with zero attached hydrogens (tertiary/aromatic N) is 1. The molecule has 0 saturated carbocycles. The summed E-state index contributed by atoms with van der Waals surface area (Å²) in [6.07, 6.45) is 0. The maximum absolute atomic E-state index is 9.96. The summed E-state index contributed by atoms with van der Waals surface area (Å²) in [4.78, 5) is 2.08. The monoisotopic (exact) mass is 286 g/mol. The molecular weight excluding hydrogens is 264 g/mol. The highest BCUT2D eigenvalue weighted by Gasteiger charge is 2.05. The van der Waals surface area contributed by atoms with Crippen LogP contribution in [0.4, 0.5) is 11.4 Å². The average molecular weight is 286 g/mol. The van der Waals surface area contributed by atoms with Crippen LogP contribution in [0.5, 0.6) is 11.5 Å². The van der Waals surface area contributed by atoms with Crippen molar-refractivity contribution in [1.29, 1.82) is 0 Å². The minimum Gasteiger partial charge on any atom is -0.507 e. The summed E-state index contributed by atoms with van der Waals surface area (Å²) >= 11 is 0. The van der Waals surface area contributed by atoms with Crippen molar-refractivity contribution in [3.63, 3.8) is 0 Å². The zero-order chi connectivity index (χ0) is 15.4. The third-order valence-electron chi connectivity index (χ3n) is 3.49. The van der Waals surface area contributed by atoms with Crippen LogP contribution >= 0.6 is 0 Å². The molecule has 0 fully saturated rings. The van der Waals surface area contributed by atoms with E-state index >= 15 is 0 Å². The van der Waals surface area contributed by atoms with Crippen molar-refractivity contribution in [2.24, 2.45) is 0 Å². The van der Waals surface area contributed by atoms with Gasteiger partial charge in [0.25, 0.3) is 0 Å². The lowest BCUT2D eigenvalue weighted by Crippen LogP contribution is -2.09. The second-order valence-corrected chi connectivity index (χ2v) is 5.24. The second-order valence-electron chi connectivity index (χ2n) is 5.24. The van der Waals surface area contributed by atoms with Crippen LogP contribution in [-0.4, -0.2) is 26.3 Å². The highest BCUT2D eigenvalue weighted by Crippen LogP contribution is 2.26. The van der Waals surface area contributed by atoms with Crippen LogP contribution in [0.2, 0.25) is 0 Å². The molecule has 21 heavy (non-hydrogen) atoms. The molecule has 0 unspecified atom stereocenters. The number of hydrogen-bond donors (Lipinski definition) is 2. The molecule has 0 spiro atoms. The number of nitrogens with one attached hydrogen (secondary N) is 1. The molecule has 0 saturated heterocycles. The van der Waals surface area contributed by atoms with Crippen molar-refractivity contribution in [3.05, 3.63) is 47.5 Å². The summed E-state index contributed by atoms with van der Waals surface area (Å²) in [6.45, 7) is 2.64. The van der Waals surface area contributed by atoms with Gasteiger partial charge in [0.1, 0.15) is 11.5 Å². The van der Waals surface area contributed by atoms with E-state index in [0.29, 0.717) is 12.3 Å². The third kappa shape index (κ3) is 3.60. The normalized spacial score (nSPS) is 10.3. The van der Waals surface area contributed by atoms with Crippen LogP contribution in [0.3, 0.4) is 0 Å². The third-order valence-corrected chi connectivity index (χ3v) is 3.49. The number of hydrogen-bond acceptors (Lipinski definition) is 4. The number of ether oxygens (including phenoxy) is 1. The fourth-order valence-corrected chi connectivity index (χ4v) is 2.13. The quantitative estimate of drug-likeness (QED) is 0.884. The van der Waals surface area contributed by atoms with Gasteiger partial charge >= 0.3 is 0 Å². The van der Waals surface area contributed by atoms with Gasteiger partial charge in [-0.25, -0.2) is 0 Å². The van der Waals surface area contributed by atoms with E-state index in [1.165, 1.54) is 11.3 Å². The predicted octanol–water partition coefficient (Wildman–Crippen LogP) is 3.39. The number of methoxy groups -OCH3 is 1. The van der Waals surface area contributed by atoms with Crippen molar-refractivity contribution in [3.8, 4) is 11.5 Å². The van der Waals surface area contributed by atoms with Crippen molar-refractivity contribution in [1.82, 2.24) is 0 Å². The first kappa shape index (κ1) is 15.0. The van der Waals surface area contributed by atoms with E-state index in [0.717, 1.165) is 11.3 Å². The van der Waals surface area contributed by atoms with Gasteiger partial charge in [-0.15, -0.1) is 0 Å². The van der Waals surface area contributed by atoms with Gasteiger partial charge in [0.05, 0.1) is 7.11 Å². The summed E-state index contributed by atoms with van der Waals surface area (Å²) in [5.41, 5.74) is 4.25. The van der Waals surface area contributed by atoms with Gasteiger partial charge < -0.3 is 20.1 Å². The van der Waals surface area contributed by atoms with Gasteiger partial charge in [0, 0.05) is 43.6 Å². The Hall–Kier alpha value is -2.36. The molecule has 0 amide bonds. The molecular formula is C17H22N2O2. The molecule has 2 aromatic rings. The Morgan fingerprint density at radius 1 is 1.14 bits per heavy atom. The molecule has 2 rings (SSSR count). The molecule has 0 aromatic heterocycles. The summed E-state index contributed by atoms with van der Waals surface area (Å²) in [5, 5.41) is 13.3. The molecule has 0 aliphatic rings. The van der Waals surface area contributed by atoms with Crippen LogP contribution < -0.4 is 15.0 Å². The van der Waals surface area contributed by atoms with Gasteiger partial charge in [-0.3, -0.25) is 0 Å². The lowest BCUT2D eigenvalue weighted by atomic mass is 10.1. The van der Waals surface area contributed by atoms with Crippen LogP contribution in [0.15, 0.2) is 36.4 Å². The average Bonchev–Trinajstić information content (AvgIpc) is 2.46. The van der Waals surface area contributed by atoms with E-state index < -0.39 is 0 Å². The Balaban J connectivity index is 2.09. The molecule has 0 bridgehead atoms. The van der Waals surface area contributed by atoms with E-state index in [9.17, 15) is 5.11 Å². The van der Waals surface area contributed by atoms with Gasteiger partial charge in [0.2, 0.25) is 0 Å². The minimum atomic E-state index is 0.240. The first-order valence-electron chi connectivity index (χ1n) is 6.89. The van der Waals surface area contributed by atoms with Crippen LogP contribution in [0.25, 0.3) is 0 Å². The predicted molar refractivity (Wildman–Crippen MR) is 87.5 cm³/mol. The Labute approximate surface area is 126 Å². The smallest absolute Gasteiger partial charge is 0.124 e. The first-order chi connectivity index (χ1) is 10.0. The van der Waals surface area contributed by atoms with Crippen molar-refractivity contribution >= 4 is 11.4 Å². The molecule has 4 heteroatoms. The molecule has 0 heterocycles. The number of phenolic OH excluding ortho intramolecular Hbond substituents is 1. The zero-order valence-electron chi connectivity index (χ0n) is 13.0. The van der Waals surface area contributed by atoms with E-state index in [4.69, 9.17) is 4.74 Å². The number of phenols is 1. The van der Waals surface area contributed by atoms with E-state index in [2.05, 4.69) is 35.3 Å². The number of benzene rings is 2. The maximum atomic E-state index is 9.96. The van der Waals surface area contributed by atoms with Gasteiger partial charge in [0.15, 0.2) is 0 Å². The van der Waals surface area contributed by atoms with Crippen molar-refractivity contribution in [2.75, 3.05) is 31.4 Å². The molecule has 2 N–H and O–H groups in total. The van der Waals surface area contributed by atoms with Crippen LogP contribution in [0, 0.1) is 6.92 Å². The first-order valence-corrected chi connectivity index (χ1v) is 6.89. The standard InChI is InChI=1S/C17H22N2O2/c1-12-9-14(19(2)3)6-8-16(12)18-11-13-5-7-15(21-4)10-17(13)20/h5-10,18,20H,11H2,1-4H3. The SMILES string of the molecule is COc1ccc(CNc2ccc(N(C)C)cc2C)c(O)c1. The fraction of sp³-hybridized carbons (Fsp3) is 0.294. The number of rotatable bonds is 5. The number of anilines is 2. The maximum Gasteiger partial charge on any atom is 0.124 e.